The molecule has 0 aromatic carbocycles. The molecule has 0 saturated heterocycles. The van der Waals surface area contributed by atoms with Gasteiger partial charge in [0.25, 0.3) is 0 Å². The van der Waals surface area contributed by atoms with Gasteiger partial charge in [0.1, 0.15) is 0 Å². The van der Waals surface area contributed by atoms with Gasteiger partial charge in [-0.3, -0.25) is 5.84 Å². The molecule has 0 spiro atoms. The molecular weight excluding hydrogens is 330 g/mol. The van der Waals surface area contributed by atoms with Gasteiger partial charge in [-0.05, 0) is 29.7 Å². The molecule has 0 unspecified atom stereocenters. The second-order valence-corrected chi connectivity index (χ2v) is 10.3. The Morgan fingerprint density at radius 2 is 1.37 bits per heavy atom. The highest BCUT2D eigenvalue weighted by molar-refractivity contribution is 5.21. The van der Waals surface area contributed by atoms with Crippen LogP contribution in [0.1, 0.15) is 54.9 Å². The van der Waals surface area contributed by atoms with Gasteiger partial charge in [0.2, 0.25) is 0 Å². The van der Waals surface area contributed by atoms with E-state index in [-0.39, 0.29) is 16.2 Å². The minimum atomic E-state index is 0.128. The van der Waals surface area contributed by atoms with Crippen LogP contribution in [0.3, 0.4) is 0 Å². The number of rotatable bonds is 11. The Balaban J connectivity index is 4.77. The van der Waals surface area contributed by atoms with E-state index in [0.717, 1.165) is 31.6 Å². The van der Waals surface area contributed by atoms with E-state index >= 15 is 0 Å². The lowest BCUT2D eigenvalue weighted by Gasteiger charge is -2.44. The molecule has 0 radical (unpaired) electrons. The molecule has 0 rings (SSSR count). The topological polar surface area (TPSA) is 32.5 Å². The molecule has 0 bridgehead atoms. The zero-order valence-electron chi connectivity index (χ0n) is 19.5. The lowest BCUT2D eigenvalue weighted by atomic mass is 9.64. The molecule has 0 atom stereocenters. The molecule has 0 amide bonds. The number of allylic oxidation sites excluding steroid dienone is 4. The molecule has 0 aliphatic rings. The number of hydrazine groups is 1. The fraction of sp³-hybridized carbons (Fsp3) is 0.667. The van der Waals surface area contributed by atoms with Gasteiger partial charge < -0.3 is 4.90 Å². The summed E-state index contributed by atoms with van der Waals surface area (Å²) in [4.78, 5) is 2.39. The average molecular weight is 376 g/mol. The molecule has 2 N–H and O–H groups in total. The van der Waals surface area contributed by atoms with E-state index in [0.29, 0.717) is 0 Å². The van der Waals surface area contributed by atoms with Crippen LogP contribution in [0.4, 0.5) is 0 Å². The molecule has 3 nitrogen and oxygen atoms in total. The maximum atomic E-state index is 5.65. The Labute approximate surface area is 169 Å². The molecule has 0 saturated carbocycles. The van der Waals surface area contributed by atoms with Crippen molar-refractivity contribution in [1.82, 2.24) is 9.91 Å². The third kappa shape index (κ3) is 10.1. The molecule has 0 aromatic rings. The second-order valence-electron chi connectivity index (χ2n) is 10.3. The first kappa shape index (κ1) is 25.8. The van der Waals surface area contributed by atoms with E-state index in [2.05, 4.69) is 97.9 Å². The van der Waals surface area contributed by atoms with Crippen LogP contribution in [-0.2, 0) is 0 Å². The van der Waals surface area contributed by atoms with Gasteiger partial charge in [-0.25, -0.2) is 5.01 Å². The van der Waals surface area contributed by atoms with Gasteiger partial charge >= 0.3 is 0 Å². The molecule has 0 aromatic heterocycles. The summed E-state index contributed by atoms with van der Waals surface area (Å²) in [5.41, 5.74) is 2.73. The van der Waals surface area contributed by atoms with E-state index in [1.54, 1.807) is 5.01 Å². The second kappa shape index (κ2) is 10.4. The molecule has 3 heteroatoms. The lowest BCUT2D eigenvalue weighted by molar-refractivity contribution is 0.0709. The summed E-state index contributed by atoms with van der Waals surface area (Å²) in [5, 5.41) is 1.66. The zero-order chi connectivity index (χ0) is 21.5. The SMILES string of the molecule is C=C(/C=C/CN(C)N)CC(C)(C)C(C)(C)CN(C)C/C=C/C(=C)C(C)(C)C. The predicted molar refractivity (Wildman–Crippen MR) is 123 cm³/mol. The molecule has 156 valence electrons. The van der Waals surface area contributed by atoms with E-state index in [1.165, 1.54) is 5.57 Å². The smallest absolute Gasteiger partial charge is 0.0309 e. The summed E-state index contributed by atoms with van der Waals surface area (Å²) < 4.78 is 0. The van der Waals surface area contributed by atoms with E-state index in [9.17, 15) is 0 Å². The standard InChI is InChI=1S/C24H45N3/c1-20(14-12-17-27(11)25)18-23(6,7)24(8,9)19-26(10)16-13-15-21(2)22(3,4)5/h12-15H,1-2,16-19,25H2,3-11H3/b14-12+,15-13+. The van der Waals surface area contributed by atoms with Crippen molar-refractivity contribution in [1.29, 1.82) is 0 Å². The van der Waals surface area contributed by atoms with Gasteiger partial charge in [-0.15, -0.1) is 0 Å². The first-order chi connectivity index (χ1) is 12.1. The average Bonchev–Trinajstić information content (AvgIpc) is 2.44. The minimum absolute atomic E-state index is 0.128. The number of nitrogens with two attached hydrogens (primary N) is 1. The lowest BCUT2D eigenvalue weighted by Crippen LogP contribution is -2.42. The Hall–Kier alpha value is -1.16. The van der Waals surface area contributed by atoms with E-state index in [4.69, 9.17) is 5.84 Å². The Bertz CT molecular complexity index is 542. The molecular formula is C24H45N3. The van der Waals surface area contributed by atoms with Crippen LogP contribution in [0.5, 0.6) is 0 Å². The van der Waals surface area contributed by atoms with Gasteiger partial charge in [-0.1, -0.05) is 97.1 Å². The highest BCUT2D eigenvalue weighted by Gasteiger charge is 2.37. The Morgan fingerprint density at radius 1 is 0.852 bits per heavy atom. The van der Waals surface area contributed by atoms with Gasteiger partial charge in [0, 0.05) is 26.7 Å². The van der Waals surface area contributed by atoms with E-state index in [1.807, 2.05) is 7.05 Å². The maximum absolute atomic E-state index is 5.65. The molecule has 0 heterocycles. The zero-order valence-corrected chi connectivity index (χ0v) is 19.5. The monoisotopic (exact) mass is 375 g/mol. The summed E-state index contributed by atoms with van der Waals surface area (Å²) in [7, 11) is 4.05. The summed E-state index contributed by atoms with van der Waals surface area (Å²) >= 11 is 0. The quantitative estimate of drug-likeness (QED) is 0.296. The van der Waals surface area contributed by atoms with Crippen LogP contribution in [0, 0.1) is 16.2 Å². The van der Waals surface area contributed by atoms with Crippen molar-refractivity contribution in [2.24, 2.45) is 22.1 Å². The van der Waals surface area contributed by atoms with Crippen molar-refractivity contribution in [2.75, 3.05) is 33.7 Å². The molecule has 0 aliphatic carbocycles. The van der Waals surface area contributed by atoms with Crippen molar-refractivity contribution in [3.8, 4) is 0 Å². The summed E-state index contributed by atoms with van der Waals surface area (Å²) in [6, 6.07) is 0. The Morgan fingerprint density at radius 3 is 1.85 bits per heavy atom. The fourth-order valence-electron chi connectivity index (χ4n) is 2.83. The van der Waals surface area contributed by atoms with Gasteiger partial charge in [-0.2, -0.15) is 0 Å². The highest BCUT2D eigenvalue weighted by atomic mass is 15.4. The van der Waals surface area contributed by atoms with Crippen molar-refractivity contribution < 1.29 is 0 Å². The third-order valence-corrected chi connectivity index (χ3v) is 5.61. The molecule has 0 aliphatic heterocycles. The fourth-order valence-corrected chi connectivity index (χ4v) is 2.83. The predicted octanol–water partition coefficient (Wildman–Crippen LogP) is 5.44. The normalized spacial score (nSPS) is 14.1. The van der Waals surface area contributed by atoms with Crippen LogP contribution in [-0.4, -0.2) is 43.6 Å². The number of hydrogen-bond donors (Lipinski definition) is 1. The Kier molecular flexibility index (Phi) is 9.96. The van der Waals surface area contributed by atoms with Crippen LogP contribution < -0.4 is 5.84 Å². The highest BCUT2D eigenvalue weighted by Crippen LogP contribution is 2.43. The van der Waals surface area contributed by atoms with Gasteiger partial charge in [0.05, 0.1) is 0 Å². The van der Waals surface area contributed by atoms with Crippen LogP contribution in [0.15, 0.2) is 48.6 Å². The number of likely N-dealkylation sites (N-methyl/N-ethyl adjacent to an activating group) is 2. The molecule has 27 heavy (non-hydrogen) atoms. The van der Waals surface area contributed by atoms with Crippen molar-refractivity contribution in [3.63, 3.8) is 0 Å². The van der Waals surface area contributed by atoms with Crippen molar-refractivity contribution in [2.45, 2.75) is 54.9 Å². The van der Waals surface area contributed by atoms with Crippen molar-refractivity contribution in [3.05, 3.63) is 48.6 Å². The summed E-state index contributed by atoms with van der Waals surface area (Å²) in [5.74, 6) is 5.65. The van der Waals surface area contributed by atoms with E-state index < -0.39 is 0 Å². The maximum Gasteiger partial charge on any atom is 0.0309 e. The summed E-state index contributed by atoms with van der Waals surface area (Å²) in [6.45, 7) is 27.1. The number of nitrogens with zero attached hydrogens (tertiary/aromatic N) is 2. The first-order valence-corrected chi connectivity index (χ1v) is 9.93. The van der Waals surface area contributed by atoms with Crippen LogP contribution in [0.2, 0.25) is 0 Å². The van der Waals surface area contributed by atoms with Crippen molar-refractivity contribution >= 4 is 0 Å². The summed E-state index contributed by atoms with van der Waals surface area (Å²) in [6.07, 6.45) is 9.53. The third-order valence-electron chi connectivity index (χ3n) is 5.61. The largest absolute Gasteiger partial charge is 0.302 e. The number of hydrogen-bond acceptors (Lipinski definition) is 3. The van der Waals surface area contributed by atoms with Crippen LogP contribution >= 0.6 is 0 Å². The van der Waals surface area contributed by atoms with Crippen LogP contribution in [0.25, 0.3) is 0 Å². The minimum Gasteiger partial charge on any atom is -0.302 e. The first-order valence-electron chi connectivity index (χ1n) is 9.93. The molecule has 0 fully saturated rings. The van der Waals surface area contributed by atoms with Gasteiger partial charge in [0.15, 0.2) is 0 Å².